The number of nitrogens with one attached hydrogen (secondary N) is 1. The first kappa shape index (κ1) is 6.35. The quantitative estimate of drug-likeness (QED) is 0.511. The van der Waals surface area contributed by atoms with Gasteiger partial charge in [0.05, 0.1) is 13.2 Å². The first-order valence-electron chi connectivity index (χ1n) is 2.83. The molecule has 4 nitrogen and oxygen atoms in total. The Morgan fingerprint density at radius 1 is 1.89 bits per heavy atom. The highest BCUT2D eigenvalue weighted by Gasteiger charge is 2.18. The van der Waals surface area contributed by atoms with E-state index >= 15 is 0 Å². The highest BCUT2D eigenvalue weighted by molar-refractivity contribution is 5.77. The zero-order chi connectivity index (χ0) is 6.69. The van der Waals surface area contributed by atoms with Crippen LogP contribution in [0.3, 0.4) is 0 Å². The summed E-state index contributed by atoms with van der Waals surface area (Å²) in [7, 11) is 0. The number of hydrogen-bond acceptors (Lipinski definition) is 2. The third-order valence-corrected chi connectivity index (χ3v) is 1.17. The molecule has 1 fully saturated rings. The second-order valence-electron chi connectivity index (χ2n) is 1.79. The normalized spacial score (nSPS) is 18.3. The van der Waals surface area contributed by atoms with Gasteiger partial charge in [-0.15, -0.1) is 0 Å². The van der Waals surface area contributed by atoms with Gasteiger partial charge >= 0.3 is 6.03 Å². The lowest BCUT2D eigenvalue weighted by Gasteiger charge is -2.09. The molecule has 0 bridgehead atoms. The molecule has 1 heterocycles. The van der Waals surface area contributed by atoms with Crippen LogP contribution < -0.4 is 5.32 Å². The number of aliphatic hydroxyl groups is 1. The minimum Gasteiger partial charge on any atom is -0.395 e. The van der Waals surface area contributed by atoms with Crippen molar-refractivity contribution in [3.63, 3.8) is 0 Å². The number of urea groups is 1. The molecule has 1 saturated heterocycles. The molecule has 0 aromatic carbocycles. The second-order valence-corrected chi connectivity index (χ2v) is 1.79. The van der Waals surface area contributed by atoms with Crippen LogP contribution in [-0.2, 0) is 0 Å². The molecule has 2 amide bonds. The summed E-state index contributed by atoms with van der Waals surface area (Å²) in [4.78, 5) is 12.1. The van der Waals surface area contributed by atoms with Crippen LogP contribution in [0.25, 0.3) is 0 Å². The third kappa shape index (κ3) is 1.32. The van der Waals surface area contributed by atoms with Gasteiger partial charge in [0.2, 0.25) is 0 Å². The number of hydrogen-bond donors (Lipinski definition) is 2. The van der Waals surface area contributed by atoms with Gasteiger partial charge in [0.1, 0.15) is 0 Å². The summed E-state index contributed by atoms with van der Waals surface area (Å²) in [6.45, 7) is 2.72. The largest absolute Gasteiger partial charge is 0.395 e. The number of nitrogens with zero attached hydrogens (tertiary/aromatic N) is 1. The van der Waals surface area contributed by atoms with Gasteiger partial charge in [0.15, 0.2) is 0 Å². The Morgan fingerprint density at radius 2 is 2.67 bits per heavy atom. The van der Waals surface area contributed by atoms with E-state index in [0.29, 0.717) is 13.1 Å². The molecule has 4 heteroatoms. The van der Waals surface area contributed by atoms with Crippen LogP contribution >= 0.6 is 0 Å². The highest BCUT2D eigenvalue weighted by atomic mass is 16.3. The first-order chi connectivity index (χ1) is 4.34. The summed E-state index contributed by atoms with van der Waals surface area (Å²) in [5, 5.41) is 11.0. The number of β-amino-alcohol motifs (C(OH)–C–C–N with tert-alkyl or cyclic N) is 1. The summed E-state index contributed by atoms with van der Waals surface area (Å²) >= 11 is 0. The fourth-order valence-electron chi connectivity index (χ4n) is 0.728. The minimum atomic E-state index is -0.121. The van der Waals surface area contributed by atoms with E-state index in [4.69, 9.17) is 5.11 Å². The topological polar surface area (TPSA) is 52.6 Å². The Morgan fingerprint density at radius 3 is 3.11 bits per heavy atom. The maximum absolute atomic E-state index is 10.6. The van der Waals surface area contributed by atoms with Crippen LogP contribution in [-0.4, -0.2) is 35.7 Å². The maximum Gasteiger partial charge on any atom is 0.317 e. The van der Waals surface area contributed by atoms with E-state index in [2.05, 4.69) is 5.32 Å². The molecule has 1 aliphatic heterocycles. The summed E-state index contributed by atoms with van der Waals surface area (Å²) in [5.74, 6) is 0. The molecule has 0 unspecified atom stereocenters. The molecule has 0 aromatic heterocycles. The summed E-state index contributed by atoms with van der Waals surface area (Å²) in [6, 6.07) is -0.121. The van der Waals surface area contributed by atoms with Crippen LogP contribution in [0.5, 0.6) is 0 Å². The van der Waals surface area contributed by atoms with Gasteiger partial charge in [-0.1, -0.05) is 0 Å². The van der Waals surface area contributed by atoms with Crippen LogP contribution in [0.4, 0.5) is 4.79 Å². The molecule has 51 valence electrons. The molecular weight excluding hydrogens is 120 g/mol. The molecule has 9 heavy (non-hydrogen) atoms. The monoisotopic (exact) mass is 129 g/mol. The van der Waals surface area contributed by atoms with E-state index in [9.17, 15) is 4.79 Å². The Hall–Kier alpha value is -0.770. The van der Waals surface area contributed by atoms with Crippen molar-refractivity contribution in [3.05, 3.63) is 6.54 Å². The standard InChI is InChI=1S/C5H9N2O2/c8-4-3-7-2-1-6-5(7)9/h2,8H,1,3-4H2,(H,6,9). The number of carbonyl (C=O) groups is 1. The highest BCUT2D eigenvalue weighted by Crippen LogP contribution is 1.98. The van der Waals surface area contributed by atoms with Crippen LogP contribution in [0.2, 0.25) is 0 Å². The van der Waals surface area contributed by atoms with Crippen molar-refractivity contribution in [2.75, 3.05) is 19.7 Å². The predicted octanol–water partition coefficient (Wildman–Crippen LogP) is -0.834. The van der Waals surface area contributed by atoms with Gasteiger partial charge in [-0.2, -0.15) is 0 Å². The van der Waals surface area contributed by atoms with Gasteiger partial charge in [0, 0.05) is 13.1 Å². The molecule has 1 rings (SSSR count). The van der Waals surface area contributed by atoms with E-state index in [1.807, 2.05) is 0 Å². The zero-order valence-electron chi connectivity index (χ0n) is 5.00. The molecule has 2 N–H and O–H groups in total. The van der Waals surface area contributed by atoms with Crippen molar-refractivity contribution >= 4 is 6.03 Å². The zero-order valence-corrected chi connectivity index (χ0v) is 5.00. The number of amides is 2. The smallest absolute Gasteiger partial charge is 0.317 e. The Labute approximate surface area is 53.5 Å². The van der Waals surface area contributed by atoms with Gasteiger partial charge in [-0.25, -0.2) is 4.79 Å². The van der Waals surface area contributed by atoms with Crippen molar-refractivity contribution in [2.24, 2.45) is 0 Å². The summed E-state index contributed by atoms with van der Waals surface area (Å²) in [5.41, 5.74) is 0. The Balaban J connectivity index is 2.31. The van der Waals surface area contributed by atoms with E-state index < -0.39 is 0 Å². The lowest BCUT2D eigenvalue weighted by molar-refractivity contribution is 0.204. The van der Waals surface area contributed by atoms with E-state index in [0.717, 1.165) is 0 Å². The van der Waals surface area contributed by atoms with E-state index in [1.165, 1.54) is 4.90 Å². The van der Waals surface area contributed by atoms with Gasteiger partial charge in [-0.05, 0) is 0 Å². The van der Waals surface area contributed by atoms with E-state index in [1.54, 1.807) is 6.54 Å². The van der Waals surface area contributed by atoms with Gasteiger partial charge in [-0.3, -0.25) is 0 Å². The Bertz CT molecular complexity index is 116. The molecule has 0 atom stereocenters. The summed E-state index contributed by atoms with van der Waals surface area (Å²) < 4.78 is 0. The maximum atomic E-state index is 10.6. The number of rotatable bonds is 2. The van der Waals surface area contributed by atoms with Gasteiger partial charge < -0.3 is 15.3 Å². The molecule has 0 spiro atoms. The van der Waals surface area contributed by atoms with Crippen LogP contribution in [0.15, 0.2) is 0 Å². The fourth-order valence-corrected chi connectivity index (χ4v) is 0.728. The average Bonchev–Trinajstić information content (AvgIpc) is 2.18. The molecular formula is C5H9N2O2. The minimum absolute atomic E-state index is 0.0178. The van der Waals surface area contributed by atoms with Crippen LogP contribution in [0, 0.1) is 6.54 Å². The van der Waals surface area contributed by atoms with Crippen molar-refractivity contribution in [1.82, 2.24) is 10.2 Å². The third-order valence-electron chi connectivity index (χ3n) is 1.17. The SMILES string of the molecule is O=C1NC[CH]N1CCO. The predicted molar refractivity (Wildman–Crippen MR) is 31.5 cm³/mol. The van der Waals surface area contributed by atoms with Crippen LogP contribution in [0.1, 0.15) is 0 Å². The van der Waals surface area contributed by atoms with Crippen molar-refractivity contribution < 1.29 is 9.90 Å². The molecule has 0 aromatic rings. The summed E-state index contributed by atoms with van der Waals surface area (Å²) in [6.07, 6.45) is 0. The lowest BCUT2D eigenvalue weighted by atomic mass is 10.5. The Kier molecular flexibility index (Phi) is 1.89. The number of carbonyl (C=O) groups excluding carboxylic acids is 1. The second kappa shape index (κ2) is 2.68. The molecule has 0 saturated carbocycles. The molecule has 1 radical (unpaired) electrons. The van der Waals surface area contributed by atoms with E-state index in [-0.39, 0.29) is 12.6 Å². The lowest BCUT2D eigenvalue weighted by Crippen LogP contribution is -2.29. The van der Waals surface area contributed by atoms with Crippen molar-refractivity contribution in [3.8, 4) is 0 Å². The average molecular weight is 129 g/mol. The first-order valence-corrected chi connectivity index (χ1v) is 2.83. The van der Waals surface area contributed by atoms with Crippen molar-refractivity contribution in [1.29, 1.82) is 0 Å². The van der Waals surface area contributed by atoms with Gasteiger partial charge in [0.25, 0.3) is 0 Å². The van der Waals surface area contributed by atoms with Crippen molar-refractivity contribution in [2.45, 2.75) is 0 Å². The molecule has 0 aliphatic carbocycles. The fraction of sp³-hybridized carbons (Fsp3) is 0.600. The number of aliphatic hydroxyl groups excluding tert-OH is 1. The molecule has 1 aliphatic rings.